The summed E-state index contributed by atoms with van der Waals surface area (Å²) in [5.74, 6) is -1.42. The van der Waals surface area contributed by atoms with E-state index >= 15 is 0 Å². The third-order valence-electron chi connectivity index (χ3n) is 3.78. The van der Waals surface area contributed by atoms with Crippen molar-refractivity contribution in [3.63, 3.8) is 0 Å². The molecule has 1 amide bonds. The number of aryl methyl sites for hydroxylation is 2. The van der Waals surface area contributed by atoms with Crippen molar-refractivity contribution in [3.05, 3.63) is 52.7 Å². The first kappa shape index (κ1) is 22.4. The summed E-state index contributed by atoms with van der Waals surface area (Å²) in [4.78, 5) is 12.2. The first-order chi connectivity index (χ1) is 13.6. The van der Waals surface area contributed by atoms with Crippen LogP contribution in [-0.4, -0.2) is 25.5 Å². The van der Waals surface area contributed by atoms with E-state index < -0.39 is 23.6 Å². The second kappa shape index (κ2) is 8.64. The molecule has 0 saturated heterocycles. The molecule has 1 aromatic carbocycles. The molecule has 0 spiro atoms. The van der Waals surface area contributed by atoms with Gasteiger partial charge < -0.3 is 5.32 Å². The van der Waals surface area contributed by atoms with Crippen LogP contribution in [0.2, 0.25) is 5.02 Å². The van der Waals surface area contributed by atoms with Gasteiger partial charge in [0.15, 0.2) is 5.69 Å². The second-order valence-electron chi connectivity index (χ2n) is 5.65. The number of amides is 1. The average molecular weight is 432 g/mol. The van der Waals surface area contributed by atoms with Crippen molar-refractivity contribution in [1.82, 2.24) is 19.6 Å². The van der Waals surface area contributed by atoms with Gasteiger partial charge in [-0.3, -0.25) is 14.2 Å². The number of aromatic nitrogens is 4. The molecule has 2 heterocycles. The Labute approximate surface area is 169 Å². The van der Waals surface area contributed by atoms with Gasteiger partial charge in [-0.1, -0.05) is 25.4 Å². The van der Waals surface area contributed by atoms with Gasteiger partial charge in [-0.2, -0.15) is 23.4 Å². The minimum atomic E-state index is -4.64. The van der Waals surface area contributed by atoms with Gasteiger partial charge in [0.25, 0.3) is 5.91 Å². The van der Waals surface area contributed by atoms with Crippen LogP contribution in [0.3, 0.4) is 0 Å². The molecule has 0 atom stereocenters. The molecular weight excluding hydrogens is 414 g/mol. The van der Waals surface area contributed by atoms with E-state index in [1.807, 2.05) is 13.8 Å². The van der Waals surface area contributed by atoms with Gasteiger partial charge in [-0.25, -0.2) is 4.39 Å². The van der Waals surface area contributed by atoms with E-state index in [0.717, 1.165) is 16.8 Å². The summed E-state index contributed by atoms with van der Waals surface area (Å²) in [6.45, 7) is 4.00. The number of rotatable bonds is 3. The fourth-order valence-corrected chi connectivity index (χ4v) is 2.77. The predicted octanol–water partition coefficient (Wildman–Crippen LogP) is 4.91. The highest BCUT2D eigenvalue weighted by molar-refractivity contribution is 6.34. The zero-order chi connectivity index (χ0) is 21.9. The third kappa shape index (κ3) is 4.76. The number of carbonyl (C=O) groups excluding carboxylic acids is 1. The molecule has 29 heavy (non-hydrogen) atoms. The second-order valence-corrected chi connectivity index (χ2v) is 6.06. The summed E-state index contributed by atoms with van der Waals surface area (Å²) < 4.78 is 55.0. The predicted molar refractivity (Wildman–Crippen MR) is 101 cm³/mol. The van der Waals surface area contributed by atoms with Gasteiger partial charge >= 0.3 is 6.18 Å². The number of hydrogen-bond acceptors (Lipinski definition) is 3. The van der Waals surface area contributed by atoms with Crippen molar-refractivity contribution >= 4 is 23.2 Å². The Morgan fingerprint density at radius 1 is 1.14 bits per heavy atom. The summed E-state index contributed by atoms with van der Waals surface area (Å²) in [7, 11) is 2.80. The molecule has 0 fully saturated rings. The molecule has 0 bridgehead atoms. The highest BCUT2D eigenvalue weighted by Crippen LogP contribution is 2.33. The molecule has 0 saturated carbocycles. The van der Waals surface area contributed by atoms with Crippen LogP contribution in [0.5, 0.6) is 0 Å². The maximum atomic E-state index is 14.5. The molecule has 0 aliphatic rings. The van der Waals surface area contributed by atoms with Crippen LogP contribution in [0.25, 0.3) is 11.3 Å². The molecule has 0 aliphatic heterocycles. The van der Waals surface area contributed by atoms with Crippen LogP contribution in [0.1, 0.15) is 30.0 Å². The Hall–Kier alpha value is -2.88. The van der Waals surface area contributed by atoms with Gasteiger partial charge in [0, 0.05) is 25.3 Å². The van der Waals surface area contributed by atoms with E-state index in [1.54, 1.807) is 0 Å². The molecule has 3 rings (SSSR count). The van der Waals surface area contributed by atoms with E-state index in [1.165, 1.54) is 37.1 Å². The van der Waals surface area contributed by atoms with E-state index in [2.05, 4.69) is 15.5 Å². The van der Waals surface area contributed by atoms with Crippen molar-refractivity contribution in [1.29, 1.82) is 0 Å². The Kier molecular flexibility index (Phi) is 6.68. The molecule has 11 heteroatoms. The Balaban J connectivity index is 0.00000145. The largest absolute Gasteiger partial charge is 0.435 e. The average Bonchev–Trinajstić information content (AvgIpc) is 3.19. The van der Waals surface area contributed by atoms with Crippen LogP contribution in [0, 0.1) is 5.82 Å². The first-order valence-electron chi connectivity index (χ1n) is 8.48. The summed E-state index contributed by atoms with van der Waals surface area (Å²) in [6.07, 6.45) is -3.34. The Morgan fingerprint density at radius 3 is 2.28 bits per heavy atom. The number of anilines is 1. The lowest BCUT2D eigenvalue weighted by Crippen LogP contribution is -2.16. The number of hydrogen-bond donors (Lipinski definition) is 1. The standard InChI is InChI=1S/C16H12ClF4N5O.C2H6/c1-25-12(6-13(24-25)16(19,20)21)9-4-3-8(5-11(9)18)23-15(27)14-10(17)7-22-26(14)2;1-2/h3-7H,1-2H3,(H,23,27);1-2H3. The number of halogens is 5. The molecule has 156 valence electrons. The monoisotopic (exact) mass is 431 g/mol. The van der Waals surface area contributed by atoms with Gasteiger partial charge in [-0.15, -0.1) is 0 Å². The minimum Gasteiger partial charge on any atom is -0.321 e. The molecule has 0 unspecified atom stereocenters. The van der Waals surface area contributed by atoms with Crippen molar-refractivity contribution in [2.45, 2.75) is 20.0 Å². The fraction of sp³-hybridized carbons (Fsp3) is 0.278. The van der Waals surface area contributed by atoms with Gasteiger partial charge in [0.1, 0.15) is 11.5 Å². The van der Waals surface area contributed by atoms with E-state index in [9.17, 15) is 22.4 Å². The molecule has 1 N–H and O–H groups in total. The van der Waals surface area contributed by atoms with Crippen molar-refractivity contribution in [3.8, 4) is 11.3 Å². The lowest BCUT2D eigenvalue weighted by atomic mass is 10.1. The van der Waals surface area contributed by atoms with E-state index in [-0.39, 0.29) is 27.7 Å². The fourth-order valence-electron chi connectivity index (χ4n) is 2.51. The van der Waals surface area contributed by atoms with Crippen LogP contribution in [0.4, 0.5) is 23.2 Å². The maximum absolute atomic E-state index is 14.5. The Bertz CT molecular complexity index is 1010. The van der Waals surface area contributed by atoms with Crippen LogP contribution < -0.4 is 5.32 Å². The summed E-state index contributed by atoms with van der Waals surface area (Å²) >= 11 is 5.88. The zero-order valence-electron chi connectivity index (χ0n) is 16.0. The summed E-state index contributed by atoms with van der Waals surface area (Å²) in [5.41, 5.74) is -1.06. The van der Waals surface area contributed by atoms with Crippen molar-refractivity contribution in [2.24, 2.45) is 14.1 Å². The Morgan fingerprint density at radius 2 is 1.79 bits per heavy atom. The zero-order valence-corrected chi connectivity index (χ0v) is 16.7. The summed E-state index contributed by atoms with van der Waals surface area (Å²) in [6, 6.07) is 4.37. The van der Waals surface area contributed by atoms with Crippen molar-refractivity contribution < 1.29 is 22.4 Å². The smallest absolute Gasteiger partial charge is 0.321 e. The molecule has 2 aromatic heterocycles. The molecule has 0 aliphatic carbocycles. The van der Waals surface area contributed by atoms with Gasteiger partial charge in [0.2, 0.25) is 0 Å². The SMILES string of the molecule is CC.Cn1nc(C(F)(F)F)cc1-c1ccc(NC(=O)c2c(Cl)cnn2C)cc1F. The quantitative estimate of drug-likeness (QED) is 0.599. The minimum absolute atomic E-state index is 0.0487. The highest BCUT2D eigenvalue weighted by Gasteiger charge is 2.35. The third-order valence-corrected chi connectivity index (χ3v) is 4.06. The number of nitrogens with one attached hydrogen (secondary N) is 1. The van der Waals surface area contributed by atoms with Gasteiger partial charge in [-0.05, 0) is 24.3 Å². The van der Waals surface area contributed by atoms with Crippen LogP contribution in [0.15, 0.2) is 30.5 Å². The topological polar surface area (TPSA) is 64.7 Å². The number of benzene rings is 1. The van der Waals surface area contributed by atoms with Crippen LogP contribution >= 0.6 is 11.6 Å². The maximum Gasteiger partial charge on any atom is 0.435 e. The molecule has 6 nitrogen and oxygen atoms in total. The number of carbonyl (C=O) groups is 1. The number of alkyl halides is 3. The highest BCUT2D eigenvalue weighted by atomic mass is 35.5. The van der Waals surface area contributed by atoms with Crippen LogP contribution in [-0.2, 0) is 20.3 Å². The lowest BCUT2D eigenvalue weighted by molar-refractivity contribution is -0.141. The molecule has 0 radical (unpaired) electrons. The first-order valence-corrected chi connectivity index (χ1v) is 8.85. The van der Waals surface area contributed by atoms with E-state index in [4.69, 9.17) is 11.6 Å². The number of nitrogens with zero attached hydrogens (tertiary/aromatic N) is 4. The van der Waals surface area contributed by atoms with Gasteiger partial charge in [0.05, 0.1) is 16.9 Å². The molecular formula is C18H18ClF4N5O. The van der Waals surface area contributed by atoms with Crippen molar-refractivity contribution in [2.75, 3.05) is 5.32 Å². The molecule has 3 aromatic rings. The lowest BCUT2D eigenvalue weighted by Gasteiger charge is -2.09. The van der Waals surface area contributed by atoms with E-state index in [0.29, 0.717) is 0 Å². The summed E-state index contributed by atoms with van der Waals surface area (Å²) in [5, 5.41) is 9.77. The normalized spacial score (nSPS) is 11.1.